The second-order valence-corrected chi connectivity index (χ2v) is 11.3. The second-order valence-electron chi connectivity index (χ2n) is 10.6. The van der Waals surface area contributed by atoms with Gasteiger partial charge in [-0.25, -0.2) is 13.6 Å². The van der Waals surface area contributed by atoms with Gasteiger partial charge in [0.25, 0.3) is 5.91 Å². The summed E-state index contributed by atoms with van der Waals surface area (Å²) >= 11 is 1.30. The number of carbonyl (C=O) groups excluding carboxylic acids is 2. The van der Waals surface area contributed by atoms with Gasteiger partial charge in [0.1, 0.15) is 12.3 Å². The fourth-order valence-corrected chi connectivity index (χ4v) is 6.85. The molecule has 4 aliphatic rings. The lowest BCUT2D eigenvalue weighted by Crippen LogP contribution is -3.00. The quantitative estimate of drug-likeness (QED) is 0.340. The number of aryl methyl sites for hydroxylation is 1. The van der Waals surface area contributed by atoms with Gasteiger partial charge in [0, 0.05) is 55.6 Å². The van der Waals surface area contributed by atoms with E-state index >= 15 is 0 Å². The van der Waals surface area contributed by atoms with E-state index in [9.17, 15) is 23.5 Å². The maximum Gasteiger partial charge on any atom is 0.343 e. The van der Waals surface area contributed by atoms with Gasteiger partial charge in [-0.2, -0.15) is 11.3 Å². The first-order chi connectivity index (χ1) is 17.1. The summed E-state index contributed by atoms with van der Waals surface area (Å²) in [6.45, 7) is 4.16. The summed E-state index contributed by atoms with van der Waals surface area (Å²) in [6.07, 6.45) is 0.895. The molecule has 0 radical (unpaired) electrons. The van der Waals surface area contributed by atoms with E-state index in [1.807, 2.05) is 6.92 Å². The van der Waals surface area contributed by atoms with Crippen molar-refractivity contribution in [2.45, 2.75) is 63.1 Å². The van der Waals surface area contributed by atoms with Crippen LogP contribution in [0.15, 0.2) is 27.4 Å². The van der Waals surface area contributed by atoms with Crippen LogP contribution in [0.1, 0.15) is 50.4 Å². The van der Waals surface area contributed by atoms with Gasteiger partial charge in [0.05, 0.1) is 13.1 Å². The Hall–Kier alpha value is -1.89. The van der Waals surface area contributed by atoms with E-state index in [2.05, 4.69) is 10.5 Å². The van der Waals surface area contributed by atoms with Crippen molar-refractivity contribution >= 4 is 29.0 Å². The van der Waals surface area contributed by atoms with Crippen LogP contribution in [0.4, 0.5) is 14.6 Å². The second kappa shape index (κ2) is 10.7. The summed E-state index contributed by atoms with van der Waals surface area (Å²) in [5.74, 6) is -3.70. The number of quaternary nitrogens is 1. The average molecular weight is 605 g/mol. The molecule has 3 saturated heterocycles. The first-order valence-electron chi connectivity index (χ1n) is 12.6. The normalized spacial score (nSPS) is 29.8. The van der Waals surface area contributed by atoms with E-state index in [-0.39, 0.29) is 48.2 Å². The van der Waals surface area contributed by atoms with Gasteiger partial charge < -0.3 is 41.1 Å². The third-order valence-electron chi connectivity index (χ3n) is 8.22. The van der Waals surface area contributed by atoms with E-state index in [1.54, 1.807) is 22.9 Å². The Morgan fingerprint density at radius 3 is 2.70 bits per heavy atom. The molecule has 3 atom stereocenters. The van der Waals surface area contributed by atoms with Gasteiger partial charge in [-0.1, -0.05) is 12.1 Å². The summed E-state index contributed by atoms with van der Waals surface area (Å²) in [6, 6.07) is 3.30. The fourth-order valence-electron chi connectivity index (χ4n) is 6.14. The van der Waals surface area contributed by atoms with Gasteiger partial charge in [0.2, 0.25) is 5.92 Å². The number of anilines is 1. The Bertz CT molecular complexity index is 1110. The minimum atomic E-state index is -2.91. The van der Waals surface area contributed by atoms with Gasteiger partial charge >= 0.3 is 5.97 Å². The molecule has 4 fully saturated rings. The lowest BCUT2D eigenvalue weighted by atomic mass is 9.80. The largest absolute Gasteiger partial charge is 1.00 e. The number of rotatable bonds is 8. The van der Waals surface area contributed by atoms with Crippen LogP contribution in [-0.4, -0.2) is 64.8 Å². The van der Waals surface area contributed by atoms with E-state index in [1.165, 1.54) is 11.3 Å². The molecule has 2 bridgehead atoms. The van der Waals surface area contributed by atoms with Crippen LogP contribution in [0.5, 0.6) is 0 Å². The molecule has 12 heteroatoms. The van der Waals surface area contributed by atoms with Gasteiger partial charge in [0.15, 0.2) is 24.1 Å². The van der Waals surface area contributed by atoms with Crippen LogP contribution in [-0.2, 0) is 26.3 Å². The Morgan fingerprint density at radius 2 is 2.11 bits per heavy atom. The standard InChI is InChI=1S/C25H31F2N3O5S.BrH/c1-2-19-11-21(29-35-19)28-22(31)14-30-8-4-16(5-9-30)20(13-30)34-23(32)25(33,18-6-10-36-15-18)17-3-7-24(26,27)12-17;/h6,10-11,15-17,20,33H,2-5,7-9,12-14H2,1H3;1H/t16?,17?,20?,25-,30?;/m1./s1. The van der Waals surface area contributed by atoms with Crippen molar-refractivity contribution in [1.29, 1.82) is 0 Å². The van der Waals surface area contributed by atoms with Crippen molar-refractivity contribution in [2.75, 3.05) is 31.5 Å². The summed E-state index contributed by atoms with van der Waals surface area (Å²) in [4.78, 5) is 26.3. The minimum absolute atomic E-state index is 0. The number of aromatic nitrogens is 1. The van der Waals surface area contributed by atoms with Crippen molar-refractivity contribution < 1.29 is 54.2 Å². The van der Waals surface area contributed by atoms with E-state index in [0.29, 0.717) is 34.6 Å². The maximum absolute atomic E-state index is 14.0. The van der Waals surface area contributed by atoms with Crippen molar-refractivity contribution in [3.05, 3.63) is 34.2 Å². The highest BCUT2D eigenvalue weighted by atomic mass is 79.9. The van der Waals surface area contributed by atoms with Crippen LogP contribution in [0, 0.1) is 11.8 Å². The maximum atomic E-state index is 14.0. The topological polar surface area (TPSA) is 102 Å². The summed E-state index contributed by atoms with van der Waals surface area (Å²) in [7, 11) is 0. The minimum Gasteiger partial charge on any atom is -1.00 e. The zero-order valence-corrected chi connectivity index (χ0v) is 23.0. The van der Waals surface area contributed by atoms with Crippen LogP contribution >= 0.6 is 11.3 Å². The molecule has 204 valence electrons. The molecule has 2 N–H and O–H groups in total. The lowest BCUT2D eigenvalue weighted by Gasteiger charge is -2.51. The van der Waals surface area contributed by atoms with Crippen molar-refractivity contribution in [3.8, 4) is 0 Å². The molecule has 1 amide bonds. The van der Waals surface area contributed by atoms with E-state index < -0.39 is 35.9 Å². The van der Waals surface area contributed by atoms with Crippen LogP contribution < -0.4 is 22.3 Å². The molecular weight excluding hydrogens is 572 g/mol. The molecule has 1 aliphatic carbocycles. The highest BCUT2D eigenvalue weighted by Crippen LogP contribution is 2.49. The van der Waals surface area contributed by atoms with Crippen molar-refractivity contribution in [1.82, 2.24) is 5.16 Å². The molecule has 2 aromatic rings. The average Bonchev–Trinajstić information content (AvgIpc) is 3.60. The number of esters is 1. The molecule has 8 nitrogen and oxygen atoms in total. The van der Waals surface area contributed by atoms with Crippen molar-refractivity contribution in [3.63, 3.8) is 0 Å². The first kappa shape index (κ1) is 28.1. The summed E-state index contributed by atoms with van der Waals surface area (Å²) < 4.78 is 39.6. The van der Waals surface area contributed by atoms with Crippen molar-refractivity contribution in [2.24, 2.45) is 11.8 Å². The molecular formula is C25H32BrF2N3O5S. The highest BCUT2D eigenvalue weighted by Gasteiger charge is 2.56. The smallest absolute Gasteiger partial charge is 0.343 e. The van der Waals surface area contributed by atoms with Crippen LogP contribution in [0.25, 0.3) is 0 Å². The first-order valence-corrected chi connectivity index (χ1v) is 13.5. The molecule has 37 heavy (non-hydrogen) atoms. The number of nitrogens with zero attached hydrogens (tertiary/aromatic N) is 2. The third-order valence-corrected chi connectivity index (χ3v) is 8.90. The number of piperidine rings is 3. The third kappa shape index (κ3) is 5.62. The van der Waals surface area contributed by atoms with Gasteiger partial charge in [-0.05, 0) is 23.2 Å². The number of thiophene rings is 1. The number of carbonyl (C=O) groups is 2. The fraction of sp³-hybridized carbons (Fsp3) is 0.640. The number of nitrogens with one attached hydrogen (secondary N) is 1. The Balaban J connectivity index is 0.00000320. The predicted octanol–water partition coefficient (Wildman–Crippen LogP) is 0.716. The molecule has 2 unspecified atom stereocenters. The van der Waals surface area contributed by atoms with Gasteiger partial charge in [-0.3, -0.25) is 4.79 Å². The molecule has 0 spiro atoms. The van der Waals surface area contributed by atoms with Crippen LogP contribution in [0.2, 0.25) is 0 Å². The highest BCUT2D eigenvalue weighted by molar-refractivity contribution is 7.08. The van der Waals surface area contributed by atoms with E-state index in [4.69, 9.17) is 9.26 Å². The van der Waals surface area contributed by atoms with Gasteiger partial charge in [-0.15, -0.1) is 0 Å². The molecule has 0 aromatic carbocycles. The Kier molecular flexibility index (Phi) is 8.14. The number of amides is 1. The lowest BCUT2D eigenvalue weighted by molar-refractivity contribution is -0.939. The molecule has 3 aliphatic heterocycles. The van der Waals surface area contributed by atoms with Crippen LogP contribution in [0.3, 0.4) is 0 Å². The number of alkyl halides is 2. The SMILES string of the molecule is CCc1cc(NC(=O)C[N+]23CCC(CC2)C(OC(=O)[C@](O)(c2ccsc2)C2CCC(F)(F)C2)C3)no1.[Br-]. The predicted molar refractivity (Wildman–Crippen MR) is 127 cm³/mol. The monoisotopic (exact) mass is 603 g/mol. The summed E-state index contributed by atoms with van der Waals surface area (Å²) in [5.41, 5.74) is -1.80. The molecule has 6 rings (SSSR count). The zero-order valence-electron chi connectivity index (χ0n) is 20.6. The molecule has 2 aromatic heterocycles. The van der Waals surface area contributed by atoms with E-state index in [0.717, 1.165) is 25.9 Å². The number of fused-ring (bicyclic) bond motifs is 3. The number of hydrogen-bond donors (Lipinski definition) is 2. The number of hydrogen-bond acceptors (Lipinski definition) is 7. The number of ether oxygens (including phenoxy) is 1. The zero-order chi connectivity index (χ0) is 25.6. The number of aliphatic hydroxyl groups is 1. The molecule has 5 heterocycles. The Labute approximate surface area is 228 Å². The number of halogens is 3. The Morgan fingerprint density at radius 1 is 1.35 bits per heavy atom. The molecule has 1 saturated carbocycles. The summed E-state index contributed by atoms with van der Waals surface area (Å²) in [5, 5.41) is 21.6.